The zero-order valence-corrected chi connectivity index (χ0v) is 17.6. The second kappa shape index (κ2) is 8.36. The van der Waals surface area contributed by atoms with Gasteiger partial charge in [-0.1, -0.05) is 18.7 Å². The Kier molecular flexibility index (Phi) is 5.66. The van der Waals surface area contributed by atoms with E-state index in [1.807, 2.05) is 29.8 Å². The monoisotopic (exact) mass is 411 g/mol. The van der Waals surface area contributed by atoms with Gasteiger partial charge >= 0.3 is 0 Å². The first-order valence-electron chi connectivity index (χ1n) is 9.94. The van der Waals surface area contributed by atoms with Crippen molar-refractivity contribution < 1.29 is 4.79 Å². The zero-order valence-electron chi connectivity index (χ0n) is 16.8. The predicted molar refractivity (Wildman–Crippen MR) is 113 cm³/mol. The van der Waals surface area contributed by atoms with Gasteiger partial charge in [0.25, 0.3) is 0 Å². The van der Waals surface area contributed by atoms with Crippen molar-refractivity contribution in [3.8, 4) is 11.4 Å². The minimum absolute atomic E-state index is 0.0733. The van der Waals surface area contributed by atoms with Crippen molar-refractivity contribution in [1.82, 2.24) is 29.5 Å². The molecule has 3 aromatic heterocycles. The Morgan fingerprint density at radius 3 is 2.66 bits per heavy atom. The summed E-state index contributed by atoms with van der Waals surface area (Å²) >= 11 is 1.44. The van der Waals surface area contributed by atoms with Crippen molar-refractivity contribution in [1.29, 1.82) is 0 Å². The third-order valence-electron chi connectivity index (χ3n) is 5.10. The van der Waals surface area contributed by atoms with Gasteiger partial charge in [0.05, 0.1) is 17.5 Å². The highest BCUT2D eigenvalue weighted by Gasteiger charge is 2.31. The summed E-state index contributed by atoms with van der Waals surface area (Å²) in [6.07, 6.45) is 8.38. The van der Waals surface area contributed by atoms with Gasteiger partial charge in [0, 0.05) is 30.1 Å². The van der Waals surface area contributed by atoms with Crippen molar-refractivity contribution in [3.63, 3.8) is 0 Å². The molecule has 8 nitrogen and oxygen atoms in total. The van der Waals surface area contributed by atoms with Gasteiger partial charge in [-0.2, -0.15) is 5.10 Å². The molecular weight excluding hydrogens is 386 g/mol. The van der Waals surface area contributed by atoms with Crippen molar-refractivity contribution in [2.75, 3.05) is 5.32 Å². The average molecular weight is 412 g/mol. The number of hydrogen-bond donors (Lipinski definition) is 1. The standard InChI is InChI=1S/C20H25N7OS/c1-4-13(2)27-17(9-12-22-27)23-19(28)14(3)29-20-25-24-18(26(20)16-5-6-16)15-7-10-21-11-8-15/h7-14,16H,4-6H2,1-3H3,(H,23,28)/t13-,14+/m1/s1. The molecule has 152 valence electrons. The van der Waals surface area contributed by atoms with Crippen LogP contribution in [0.25, 0.3) is 11.4 Å². The van der Waals surface area contributed by atoms with E-state index in [0.29, 0.717) is 6.04 Å². The van der Waals surface area contributed by atoms with Crippen molar-refractivity contribution in [2.24, 2.45) is 0 Å². The lowest BCUT2D eigenvalue weighted by atomic mass is 10.2. The van der Waals surface area contributed by atoms with Gasteiger partial charge in [-0.3, -0.25) is 14.3 Å². The van der Waals surface area contributed by atoms with Gasteiger partial charge in [0.15, 0.2) is 11.0 Å². The van der Waals surface area contributed by atoms with E-state index in [0.717, 1.165) is 41.6 Å². The van der Waals surface area contributed by atoms with Crippen LogP contribution in [0.1, 0.15) is 52.1 Å². The molecule has 1 amide bonds. The molecule has 1 saturated carbocycles. The van der Waals surface area contributed by atoms with Crippen LogP contribution in [0.5, 0.6) is 0 Å². The van der Waals surface area contributed by atoms with E-state index in [9.17, 15) is 4.79 Å². The number of carbonyl (C=O) groups excluding carboxylic acids is 1. The summed E-state index contributed by atoms with van der Waals surface area (Å²) in [6, 6.07) is 6.32. The molecule has 1 aliphatic rings. The third-order valence-corrected chi connectivity index (χ3v) is 6.15. The Hall–Kier alpha value is -2.68. The maximum absolute atomic E-state index is 12.8. The van der Waals surface area contributed by atoms with Crippen LogP contribution in [0.15, 0.2) is 41.9 Å². The van der Waals surface area contributed by atoms with Crippen LogP contribution in [0.2, 0.25) is 0 Å². The van der Waals surface area contributed by atoms with Gasteiger partial charge in [-0.15, -0.1) is 10.2 Å². The molecule has 4 rings (SSSR count). The van der Waals surface area contributed by atoms with Gasteiger partial charge in [-0.05, 0) is 45.2 Å². The summed E-state index contributed by atoms with van der Waals surface area (Å²) < 4.78 is 4.01. The van der Waals surface area contributed by atoms with Crippen LogP contribution >= 0.6 is 11.8 Å². The van der Waals surface area contributed by atoms with Crippen molar-refractivity contribution >= 4 is 23.5 Å². The van der Waals surface area contributed by atoms with Crippen LogP contribution in [0.3, 0.4) is 0 Å². The minimum atomic E-state index is -0.317. The van der Waals surface area contributed by atoms with Gasteiger partial charge in [0.2, 0.25) is 5.91 Å². The molecule has 0 unspecified atom stereocenters. The number of aromatic nitrogens is 6. The number of carbonyl (C=O) groups is 1. The van der Waals surface area contributed by atoms with Crippen LogP contribution in [-0.2, 0) is 4.79 Å². The summed E-state index contributed by atoms with van der Waals surface area (Å²) in [7, 11) is 0. The average Bonchev–Trinajstić information content (AvgIpc) is 3.33. The van der Waals surface area contributed by atoms with E-state index in [4.69, 9.17) is 0 Å². The first-order chi connectivity index (χ1) is 14.1. The quantitative estimate of drug-likeness (QED) is 0.564. The largest absolute Gasteiger partial charge is 0.310 e. The number of thioether (sulfide) groups is 1. The Balaban J connectivity index is 1.50. The fraction of sp³-hybridized carbons (Fsp3) is 0.450. The van der Waals surface area contributed by atoms with Gasteiger partial charge in [0.1, 0.15) is 5.82 Å². The summed E-state index contributed by atoms with van der Waals surface area (Å²) in [5.41, 5.74) is 0.987. The molecule has 29 heavy (non-hydrogen) atoms. The number of nitrogens with one attached hydrogen (secondary N) is 1. The van der Waals surface area contributed by atoms with Crippen LogP contribution in [0.4, 0.5) is 5.82 Å². The molecule has 1 fully saturated rings. The van der Waals surface area contributed by atoms with Crippen molar-refractivity contribution in [3.05, 3.63) is 36.8 Å². The van der Waals surface area contributed by atoms with Gasteiger partial charge in [-0.25, -0.2) is 4.68 Å². The van der Waals surface area contributed by atoms with E-state index in [2.05, 4.69) is 44.0 Å². The number of hydrogen-bond acceptors (Lipinski definition) is 6. The Labute approximate surface area is 174 Å². The molecule has 1 aliphatic carbocycles. The highest BCUT2D eigenvalue weighted by Crippen LogP contribution is 2.41. The van der Waals surface area contributed by atoms with E-state index in [1.54, 1.807) is 18.6 Å². The molecule has 0 saturated heterocycles. The molecule has 0 aromatic carbocycles. The molecule has 0 aliphatic heterocycles. The van der Waals surface area contributed by atoms with E-state index >= 15 is 0 Å². The molecule has 3 heterocycles. The molecule has 0 bridgehead atoms. The molecule has 2 atom stereocenters. The Morgan fingerprint density at radius 2 is 1.97 bits per heavy atom. The topological polar surface area (TPSA) is 90.5 Å². The lowest BCUT2D eigenvalue weighted by Gasteiger charge is -2.16. The fourth-order valence-corrected chi connectivity index (χ4v) is 4.01. The summed E-state index contributed by atoms with van der Waals surface area (Å²) in [5.74, 6) is 1.48. The second-order valence-corrected chi connectivity index (χ2v) is 8.62. The fourth-order valence-electron chi connectivity index (χ4n) is 3.09. The SMILES string of the molecule is CC[C@@H](C)n1nccc1NC(=O)[C@H](C)Sc1nnc(-c2ccncc2)n1C1CC1. The number of anilines is 1. The maximum Gasteiger partial charge on any atom is 0.238 e. The van der Waals surface area contributed by atoms with E-state index < -0.39 is 0 Å². The third kappa shape index (κ3) is 4.19. The molecule has 0 spiro atoms. The highest BCUT2D eigenvalue weighted by atomic mass is 32.2. The minimum Gasteiger partial charge on any atom is -0.310 e. The first-order valence-corrected chi connectivity index (χ1v) is 10.8. The second-order valence-electron chi connectivity index (χ2n) is 7.31. The molecule has 9 heteroatoms. The predicted octanol–water partition coefficient (Wildman–Crippen LogP) is 3.96. The van der Waals surface area contributed by atoms with E-state index in [1.165, 1.54) is 11.8 Å². The highest BCUT2D eigenvalue weighted by molar-refractivity contribution is 8.00. The van der Waals surface area contributed by atoms with Crippen LogP contribution in [0, 0.1) is 0 Å². The summed E-state index contributed by atoms with van der Waals surface area (Å²) in [4.78, 5) is 16.9. The smallest absolute Gasteiger partial charge is 0.238 e. The zero-order chi connectivity index (χ0) is 20.4. The lowest BCUT2D eigenvalue weighted by molar-refractivity contribution is -0.115. The summed E-state index contributed by atoms with van der Waals surface area (Å²) in [6.45, 7) is 6.07. The number of amides is 1. The van der Waals surface area contributed by atoms with Crippen LogP contribution in [-0.4, -0.2) is 40.7 Å². The Bertz CT molecular complexity index is 980. The number of nitrogens with zero attached hydrogens (tertiary/aromatic N) is 6. The number of rotatable bonds is 8. The Morgan fingerprint density at radius 1 is 1.21 bits per heavy atom. The summed E-state index contributed by atoms with van der Waals surface area (Å²) in [5, 5.41) is 16.6. The normalized spacial score (nSPS) is 15.8. The molecular formula is C20H25N7OS. The maximum atomic E-state index is 12.8. The molecule has 0 radical (unpaired) electrons. The first kappa shape index (κ1) is 19.6. The van der Waals surface area contributed by atoms with Gasteiger partial charge < -0.3 is 5.32 Å². The number of pyridine rings is 1. The van der Waals surface area contributed by atoms with Crippen LogP contribution < -0.4 is 5.32 Å². The molecule has 1 N–H and O–H groups in total. The van der Waals surface area contributed by atoms with E-state index in [-0.39, 0.29) is 17.2 Å². The lowest BCUT2D eigenvalue weighted by Crippen LogP contribution is -2.25. The van der Waals surface area contributed by atoms with Crippen molar-refractivity contribution in [2.45, 2.75) is 62.5 Å². The molecule has 3 aromatic rings.